The van der Waals surface area contributed by atoms with Crippen molar-refractivity contribution in [1.82, 2.24) is 0 Å². The van der Waals surface area contributed by atoms with Crippen molar-refractivity contribution in [2.75, 3.05) is 0 Å². The van der Waals surface area contributed by atoms with Crippen LogP contribution in [-0.4, -0.2) is 0 Å². The Bertz CT molecular complexity index is 563. The first-order valence-corrected chi connectivity index (χ1v) is 8.69. The summed E-state index contributed by atoms with van der Waals surface area (Å²) in [5.74, 6) is 3.12. The van der Waals surface area contributed by atoms with E-state index in [-0.39, 0.29) is 5.83 Å². The number of halogens is 1. The molecule has 0 heterocycles. The fourth-order valence-corrected chi connectivity index (χ4v) is 4.98. The summed E-state index contributed by atoms with van der Waals surface area (Å²) >= 11 is 0. The number of benzene rings is 1. The lowest BCUT2D eigenvalue weighted by atomic mass is 9.75. The topological polar surface area (TPSA) is 0 Å². The summed E-state index contributed by atoms with van der Waals surface area (Å²) < 4.78 is 14.8. The van der Waals surface area contributed by atoms with E-state index in [2.05, 4.69) is 13.0 Å². The van der Waals surface area contributed by atoms with E-state index in [1.807, 2.05) is 18.2 Å². The Morgan fingerprint density at radius 3 is 2.52 bits per heavy atom. The van der Waals surface area contributed by atoms with E-state index in [1.165, 1.54) is 37.7 Å². The third-order valence-electron chi connectivity index (χ3n) is 6.29. The number of hydrogen-bond donors (Lipinski definition) is 0. The molecule has 2 unspecified atom stereocenters. The highest BCUT2D eigenvalue weighted by molar-refractivity contribution is 5.68. The van der Waals surface area contributed by atoms with Crippen LogP contribution >= 0.6 is 0 Å². The van der Waals surface area contributed by atoms with Gasteiger partial charge in [0.25, 0.3) is 0 Å². The highest BCUT2D eigenvalue weighted by atomic mass is 19.1. The van der Waals surface area contributed by atoms with Crippen molar-refractivity contribution in [3.8, 4) is 0 Å². The minimum atomic E-state index is 0.119. The van der Waals surface area contributed by atoms with Gasteiger partial charge in [-0.15, -0.1) is 0 Å². The second kappa shape index (κ2) is 5.26. The molecule has 0 spiro atoms. The van der Waals surface area contributed by atoms with Gasteiger partial charge in [-0.05, 0) is 66.9 Å². The van der Waals surface area contributed by atoms with Gasteiger partial charge >= 0.3 is 0 Å². The molecular weight excluding hydrogens is 259 g/mol. The minimum Gasteiger partial charge on any atom is -0.206 e. The van der Waals surface area contributed by atoms with Crippen LogP contribution in [0, 0.1) is 23.7 Å². The van der Waals surface area contributed by atoms with E-state index < -0.39 is 0 Å². The van der Waals surface area contributed by atoms with Crippen LogP contribution in [-0.2, 0) is 6.42 Å². The lowest BCUT2D eigenvalue weighted by molar-refractivity contribution is 0.211. The Labute approximate surface area is 127 Å². The standard InChI is InChI=1S/C20H25F/c1-13-6-8-14(9-7-13)16-11-17-10-15-4-2-3-5-18(15)20(21)19(17)12-16/h2-5,13-14,16-17H,6-12H2,1H3. The fourth-order valence-electron chi connectivity index (χ4n) is 4.98. The maximum absolute atomic E-state index is 14.8. The summed E-state index contributed by atoms with van der Waals surface area (Å²) in [6.45, 7) is 2.38. The Hall–Kier alpha value is -1.11. The van der Waals surface area contributed by atoms with Crippen molar-refractivity contribution in [3.05, 3.63) is 41.0 Å². The first-order chi connectivity index (χ1) is 10.2. The van der Waals surface area contributed by atoms with Crippen LogP contribution in [0.3, 0.4) is 0 Å². The Balaban J connectivity index is 1.56. The van der Waals surface area contributed by atoms with E-state index in [0.29, 0.717) is 5.92 Å². The van der Waals surface area contributed by atoms with Gasteiger partial charge < -0.3 is 0 Å². The molecule has 0 amide bonds. The Kier molecular flexibility index (Phi) is 3.40. The fraction of sp³-hybridized carbons (Fsp3) is 0.600. The van der Waals surface area contributed by atoms with Crippen LogP contribution < -0.4 is 0 Å². The first-order valence-electron chi connectivity index (χ1n) is 8.69. The number of allylic oxidation sites excluding steroid dienone is 1. The van der Waals surface area contributed by atoms with Gasteiger partial charge in [0.05, 0.1) is 0 Å². The van der Waals surface area contributed by atoms with E-state index in [9.17, 15) is 4.39 Å². The molecule has 1 aromatic carbocycles. The molecule has 0 aromatic heterocycles. The SMILES string of the molecule is CC1CCC(C2CC3=C(F)c4ccccc4CC3C2)CC1. The van der Waals surface area contributed by atoms with Gasteiger partial charge in [0.1, 0.15) is 5.83 Å². The molecule has 21 heavy (non-hydrogen) atoms. The van der Waals surface area contributed by atoms with E-state index in [0.717, 1.165) is 41.7 Å². The van der Waals surface area contributed by atoms with E-state index >= 15 is 0 Å². The molecule has 4 rings (SSSR count). The molecule has 1 aromatic rings. The smallest absolute Gasteiger partial charge is 0.130 e. The third kappa shape index (κ3) is 2.35. The summed E-state index contributed by atoms with van der Waals surface area (Å²) in [5, 5.41) is 0. The van der Waals surface area contributed by atoms with Gasteiger partial charge in [0, 0.05) is 5.56 Å². The van der Waals surface area contributed by atoms with Crippen LogP contribution in [0.5, 0.6) is 0 Å². The van der Waals surface area contributed by atoms with E-state index in [4.69, 9.17) is 0 Å². The van der Waals surface area contributed by atoms with Gasteiger partial charge in [0.2, 0.25) is 0 Å². The number of fused-ring (bicyclic) bond motifs is 2. The molecule has 3 aliphatic carbocycles. The lowest BCUT2D eigenvalue weighted by Gasteiger charge is -2.30. The predicted molar refractivity (Wildman–Crippen MR) is 85.5 cm³/mol. The molecule has 0 nitrogen and oxygen atoms in total. The molecule has 0 bridgehead atoms. The number of hydrogen-bond acceptors (Lipinski definition) is 0. The molecule has 1 heteroatoms. The monoisotopic (exact) mass is 284 g/mol. The maximum Gasteiger partial charge on any atom is 0.130 e. The normalized spacial score (nSPS) is 35.5. The molecule has 2 fully saturated rings. The molecule has 112 valence electrons. The average Bonchev–Trinajstić information content (AvgIpc) is 2.92. The van der Waals surface area contributed by atoms with Crippen LogP contribution in [0.4, 0.5) is 4.39 Å². The largest absolute Gasteiger partial charge is 0.206 e. The molecule has 0 N–H and O–H groups in total. The van der Waals surface area contributed by atoms with Gasteiger partial charge in [-0.3, -0.25) is 0 Å². The van der Waals surface area contributed by atoms with Crippen LogP contribution in [0.1, 0.15) is 56.6 Å². The first kappa shape index (κ1) is 13.5. The van der Waals surface area contributed by atoms with Crippen molar-refractivity contribution in [2.24, 2.45) is 23.7 Å². The zero-order chi connectivity index (χ0) is 14.4. The van der Waals surface area contributed by atoms with Crippen molar-refractivity contribution in [2.45, 2.75) is 51.9 Å². The minimum absolute atomic E-state index is 0.119. The summed E-state index contributed by atoms with van der Waals surface area (Å²) in [7, 11) is 0. The third-order valence-corrected chi connectivity index (χ3v) is 6.29. The second-order valence-corrected chi connectivity index (χ2v) is 7.62. The predicted octanol–water partition coefficient (Wildman–Crippen LogP) is 5.78. The Morgan fingerprint density at radius 2 is 1.71 bits per heavy atom. The lowest BCUT2D eigenvalue weighted by Crippen LogP contribution is -2.19. The van der Waals surface area contributed by atoms with Crippen LogP contribution in [0.25, 0.3) is 5.83 Å². The molecule has 0 saturated heterocycles. The number of rotatable bonds is 1. The summed E-state index contributed by atoms with van der Waals surface area (Å²) in [6.07, 6.45) is 8.85. The van der Waals surface area contributed by atoms with E-state index in [1.54, 1.807) is 0 Å². The molecular formula is C20H25F. The van der Waals surface area contributed by atoms with Gasteiger partial charge in [0.15, 0.2) is 0 Å². The molecule has 0 radical (unpaired) electrons. The summed E-state index contributed by atoms with van der Waals surface area (Å²) in [6, 6.07) is 8.09. The van der Waals surface area contributed by atoms with Crippen molar-refractivity contribution in [3.63, 3.8) is 0 Å². The quantitative estimate of drug-likeness (QED) is 0.613. The highest BCUT2D eigenvalue weighted by Crippen LogP contribution is 2.51. The van der Waals surface area contributed by atoms with Crippen molar-refractivity contribution < 1.29 is 4.39 Å². The molecule has 0 aliphatic heterocycles. The molecule has 2 atom stereocenters. The Morgan fingerprint density at radius 1 is 0.952 bits per heavy atom. The van der Waals surface area contributed by atoms with Crippen molar-refractivity contribution >= 4 is 5.83 Å². The second-order valence-electron chi connectivity index (χ2n) is 7.62. The summed E-state index contributed by atoms with van der Waals surface area (Å²) in [5.41, 5.74) is 3.25. The van der Waals surface area contributed by atoms with Gasteiger partial charge in [-0.1, -0.05) is 44.0 Å². The maximum atomic E-state index is 14.8. The van der Waals surface area contributed by atoms with Crippen LogP contribution in [0.2, 0.25) is 0 Å². The average molecular weight is 284 g/mol. The highest BCUT2D eigenvalue weighted by Gasteiger charge is 2.39. The van der Waals surface area contributed by atoms with Gasteiger partial charge in [-0.2, -0.15) is 0 Å². The zero-order valence-electron chi connectivity index (χ0n) is 12.9. The van der Waals surface area contributed by atoms with Gasteiger partial charge in [-0.25, -0.2) is 4.39 Å². The summed E-state index contributed by atoms with van der Waals surface area (Å²) in [4.78, 5) is 0. The zero-order valence-corrected chi connectivity index (χ0v) is 12.9. The molecule has 2 saturated carbocycles. The van der Waals surface area contributed by atoms with Crippen molar-refractivity contribution in [1.29, 1.82) is 0 Å². The molecule has 3 aliphatic rings. The van der Waals surface area contributed by atoms with Crippen LogP contribution in [0.15, 0.2) is 29.8 Å².